The van der Waals surface area contributed by atoms with Gasteiger partial charge < -0.3 is 9.47 Å². The highest BCUT2D eigenvalue weighted by Gasteiger charge is 2.21. The van der Waals surface area contributed by atoms with Gasteiger partial charge >= 0.3 is 5.97 Å². The van der Waals surface area contributed by atoms with Crippen LogP contribution < -0.4 is 4.74 Å². The van der Waals surface area contributed by atoms with Gasteiger partial charge in [0.15, 0.2) is 0 Å². The van der Waals surface area contributed by atoms with Crippen LogP contribution in [0.2, 0.25) is 0 Å². The molecule has 0 unspecified atom stereocenters. The fraction of sp³-hybridized carbons (Fsp3) is 0.150. The molecule has 0 saturated heterocycles. The Morgan fingerprint density at radius 3 is 2.35 bits per heavy atom. The Morgan fingerprint density at radius 1 is 1.04 bits per heavy atom. The minimum atomic E-state index is -0.324. The summed E-state index contributed by atoms with van der Waals surface area (Å²) in [6.07, 6.45) is 4.59. The largest absolute Gasteiger partial charge is 0.497 e. The summed E-state index contributed by atoms with van der Waals surface area (Å²) in [6.45, 7) is 2.11. The fourth-order valence-electron chi connectivity index (χ4n) is 2.42. The molecule has 0 fully saturated rings. The summed E-state index contributed by atoms with van der Waals surface area (Å²) < 4.78 is 10.5. The highest BCUT2D eigenvalue weighted by molar-refractivity contribution is 6.05. The molecule has 1 heterocycles. The number of methoxy groups -OCH3 is 1. The van der Waals surface area contributed by atoms with Crippen molar-refractivity contribution < 1.29 is 14.3 Å². The van der Waals surface area contributed by atoms with Crippen LogP contribution in [0.5, 0.6) is 5.75 Å². The van der Waals surface area contributed by atoms with Crippen molar-refractivity contribution in [3.8, 4) is 5.75 Å². The highest BCUT2D eigenvalue weighted by Crippen LogP contribution is 2.28. The normalized spacial score (nSPS) is 15.5. The second kappa shape index (κ2) is 6.53. The molecule has 3 rings (SSSR count). The lowest BCUT2D eigenvalue weighted by Crippen LogP contribution is -1.97. The number of esters is 1. The molecule has 0 aliphatic carbocycles. The van der Waals surface area contributed by atoms with Gasteiger partial charge in [-0.1, -0.05) is 43.3 Å². The molecule has 0 N–H and O–H groups in total. The Labute approximate surface area is 135 Å². The maximum atomic E-state index is 12.0. The van der Waals surface area contributed by atoms with Crippen LogP contribution in [0.15, 0.2) is 60.2 Å². The predicted octanol–water partition coefficient (Wildman–Crippen LogP) is 4.24. The number of cyclic esters (lactones) is 1. The number of benzene rings is 2. The smallest absolute Gasteiger partial charge is 0.343 e. The van der Waals surface area contributed by atoms with Crippen LogP contribution in [0.4, 0.5) is 0 Å². The fourth-order valence-corrected chi connectivity index (χ4v) is 2.42. The van der Waals surface area contributed by atoms with Crippen LogP contribution >= 0.6 is 0 Å². The van der Waals surface area contributed by atoms with Crippen molar-refractivity contribution >= 4 is 17.8 Å². The maximum absolute atomic E-state index is 12.0. The lowest BCUT2D eigenvalue weighted by Gasteiger charge is -2.02. The Morgan fingerprint density at radius 2 is 1.74 bits per heavy atom. The van der Waals surface area contributed by atoms with E-state index in [0.717, 1.165) is 23.3 Å². The van der Waals surface area contributed by atoms with E-state index in [9.17, 15) is 4.79 Å². The van der Waals surface area contributed by atoms with E-state index in [1.807, 2.05) is 42.5 Å². The monoisotopic (exact) mass is 306 g/mol. The van der Waals surface area contributed by atoms with Crippen LogP contribution in [0.3, 0.4) is 0 Å². The molecule has 0 spiro atoms. The summed E-state index contributed by atoms with van der Waals surface area (Å²) >= 11 is 0. The second-order valence-corrected chi connectivity index (χ2v) is 5.32. The summed E-state index contributed by atoms with van der Waals surface area (Å²) in [6, 6.07) is 15.6. The molecule has 116 valence electrons. The molecule has 0 saturated carbocycles. The van der Waals surface area contributed by atoms with E-state index in [-0.39, 0.29) is 5.97 Å². The second-order valence-electron chi connectivity index (χ2n) is 5.32. The van der Waals surface area contributed by atoms with Crippen LogP contribution in [-0.4, -0.2) is 13.1 Å². The summed E-state index contributed by atoms with van der Waals surface area (Å²) in [5.41, 5.74) is 3.64. The Bertz CT molecular complexity index is 766. The first-order valence-corrected chi connectivity index (χ1v) is 7.58. The first-order valence-electron chi connectivity index (χ1n) is 7.58. The van der Waals surface area contributed by atoms with E-state index >= 15 is 0 Å². The van der Waals surface area contributed by atoms with Crippen LogP contribution in [0, 0.1) is 0 Å². The van der Waals surface area contributed by atoms with Crippen molar-refractivity contribution in [1.29, 1.82) is 0 Å². The van der Waals surface area contributed by atoms with Gasteiger partial charge in [-0.25, -0.2) is 4.79 Å². The molecule has 1 aliphatic heterocycles. The van der Waals surface area contributed by atoms with Crippen LogP contribution in [0.1, 0.15) is 23.6 Å². The minimum absolute atomic E-state index is 0.324. The Kier molecular flexibility index (Phi) is 4.29. The zero-order chi connectivity index (χ0) is 16.2. The topological polar surface area (TPSA) is 35.5 Å². The van der Waals surface area contributed by atoms with Gasteiger partial charge in [-0.3, -0.25) is 0 Å². The van der Waals surface area contributed by atoms with E-state index < -0.39 is 0 Å². The summed E-state index contributed by atoms with van der Waals surface area (Å²) in [4.78, 5) is 12.0. The third-order valence-electron chi connectivity index (χ3n) is 3.81. The van der Waals surface area contributed by atoms with Gasteiger partial charge in [0.25, 0.3) is 0 Å². The van der Waals surface area contributed by atoms with Crippen molar-refractivity contribution in [1.82, 2.24) is 0 Å². The third kappa shape index (κ3) is 3.34. The Balaban J connectivity index is 1.86. The number of hydrogen-bond acceptors (Lipinski definition) is 3. The van der Waals surface area contributed by atoms with E-state index in [1.54, 1.807) is 13.2 Å². The van der Waals surface area contributed by atoms with E-state index in [1.165, 1.54) is 5.56 Å². The van der Waals surface area contributed by atoms with Crippen molar-refractivity contribution in [3.05, 3.63) is 76.9 Å². The number of ether oxygens (including phenoxy) is 2. The molecule has 0 amide bonds. The first-order chi connectivity index (χ1) is 11.2. The zero-order valence-electron chi connectivity index (χ0n) is 13.2. The van der Waals surface area contributed by atoms with Crippen LogP contribution in [0.25, 0.3) is 11.8 Å². The average Bonchev–Trinajstić information content (AvgIpc) is 2.96. The molecule has 0 bridgehead atoms. The van der Waals surface area contributed by atoms with Gasteiger partial charge in [0, 0.05) is 5.56 Å². The number of carbonyl (C=O) groups excluding carboxylic acids is 1. The molecule has 0 atom stereocenters. The molecule has 1 aliphatic rings. The quantitative estimate of drug-likeness (QED) is 0.626. The van der Waals surface area contributed by atoms with Crippen molar-refractivity contribution in [2.24, 2.45) is 0 Å². The van der Waals surface area contributed by atoms with Gasteiger partial charge in [0.05, 0.1) is 12.7 Å². The van der Waals surface area contributed by atoms with E-state index in [4.69, 9.17) is 9.47 Å². The summed E-state index contributed by atoms with van der Waals surface area (Å²) in [5.74, 6) is 1.06. The first kappa shape index (κ1) is 15.1. The number of aryl methyl sites for hydroxylation is 1. The molecular formula is C20H18O3. The molecule has 2 aromatic rings. The molecule has 2 aromatic carbocycles. The van der Waals surface area contributed by atoms with Gasteiger partial charge in [-0.15, -0.1) is 0 Å². The lowest BCUT2D eigenvalue weighted by molar-refractivity contribution is -0.130. The number of hydrogen-bond donors (Lipinski definition) is 0. The molecule has 3 heteroatoms. The van der Waals surface area contributed by atoms with Gasteiger partial charge in [0.1, 0.15) is 11.5 Å². The minimum Gasteiger partial charge on any atom is -0.497 e. The van der Waals surface area contributed by atoms with Crippen molar-refractivity contribution in [2.45, 2.75) is 13.3 Å². The lowest BCUT2D eigenvalue weighted by atomic mass is 10.1. The maximum Gasteiger partial charge on any atom is 0.343 e. The highest BCUT2D eigenvalue weighted by atomic mass is 16.5. The van der Waals surface area contributed by atoms with Gasteiger partial charge in [-0.05, 0) is 41.8 Å². The SMILES string of the molecule is CCc1ccc(C2=C/C(=C/c3ccc(OC)cc3)C(=O)O2)cc1. The zero-order valence-corrected chi connectivity index (χ0v) is 13.2. The molecule has 23 heavy (non-hydrogen) atoms. The molecule has 0 radical (unpaired) electrons. The molecular weight excluding hydrogens is 288 g/mol. The van der Waals surface area contributed by atoms with Crippen molar-refractivity contribution in [2.75, 3.05) is 7.11 Å². The van der Waals surface area contributed by atoms with Crippen LogP contribution in [-0.2, 0) is 16.0 Å². The standard InChI is InChI=1S/C20H18O3/c1-3-14-4-8-16(9-5-14)19-13-17(20(21)23-19)12-15-6-10-18(22-2)11-7-15/h4-13H,3H2,1-2H3/b17-12-. The molecule has 3 nitrogen and oxygen atoms in total. The Hall–Kier alpha value is -2.81. The predicted molar refractivity (Wildman–Crippen MR) is 90.9 cm³/mol. The average molecular weight is 306 g/mol. The van der Waals surface area contributed by atoms with Gasteiger partial charge in [-0.2, -0.15) is 0 Å². The summed E-state index contributed by atoms with van der Waals surface area (Å²) in [7, 11) is 1.63. The van der Waals surface area contributed by atoms with E-state index in [2.05, 4.69) is 19.1 Å². The van der Waals surface area contributed by atoms with E-state index in [0.29, 0.717) is 11.3 Å². The molecule has 0 aromatic heterocycles. The third-order valence-corrected chi connectivity index (χ3v) is 3.81. The van der Waals surface area contributed by atoms with Gasteiger partial charge in [0.2, 0.25) is 0 Å². The number of carbonyl (C=O) groups is 1. The number of rotatable bonds is 4. The van der Waals surface area contributed by atoms with Crippen molar-refractivity contribution in [3.63, 3.8) is 0 Å². The summed E-state index contributed by atoms with van der Waals surface area (Å²) in [5, 5.41) is 0.